The summed E-state index contributed by atoms with van der Waals surface area (Å²) >= 11 is 0. The molecule has 0 saturated carbocycles. The molecule has 5 nitrogen and oxygen atoms in total. The molecule has 0 spiro atoms. The maximum Gasteiger partial charge on any atom is 0.494 e. The van der Waals surface area contributed by atoms with Crippen LogP contribution in [0.5, 0.6) is 0 Å². The summed E-state index contributed by atoms with van der Waals surface area (Å²) in [6, 6.07) is 8.22. The van der Waals surface area contributed by atoms with E-state index in [4.69, 9.17) is 14.0 Å². The first-order chi connectivity index (χ1) is 12.9. The minimum atomic E-state index is -0.501. The molecule has 2 heterocycles. The zero-order chi connectivity index (χ0) is 20.7. The third kappa shape index (κ3) is 4.44. The van der Waals surface area contributed by atoms with E-state index in [-0.39, 0.29) is 17.3 Å². The monoisotopic (exact) mass is 385 g/mol. The molecule has 0 aromatic heterocycles. The molecule has 28 heavy (non-hydrogen) atoms. The van der Waals surface area contributed by atoms with Gasteiger partial charge in [-0.3, -0.25) is 4.90 Å². The van der Waals surface area contributed by atoms with Crippen molar-refractivity contribution in [1.29, 1.82) is 0 Å². The lowest BCUT2D eigenvalue weighted by atomic mass is 9.77. The van der Waals surface area contributed by atoms with Crippen LogP contribution < -0.4 is 5.46 Å². The number of rotatable bonds is 2. The van der Waals surface area contributed by atoms with Gasteiger partial charge in [-0.15, -0.1) is 0 Å². The predicted molar refractivity (Wildman–Crippen MR) is 112 cm³/mol. The molecule has 0 unspecified atom stereocenters. The minimum absolute atomic E-state index is 0.299. The van der Waals surface area contributed by atoms with Gasteiger partial charge < -0.3 is 14.0 Å². The predicted octanol–water partition coefficient (Wildman–Crippen LogP) is 4.36. The number of allylic oxidation sites excluding steroid dienone is 1. The Bertz CT molecular complexity index is 763. The van der Waals surface area contributed by atoms with Crippen LogP contribution in [0.25, 0.3) is 5.57 Å². The molecule has 6 heteroatoms. The Morgan fingerprint density at radius 1 is 1.14 bits per heavy atom. The number of carbonyl (C=O) groups excluding carboxylic acids is 1. The number of hydrogen-bond acceptors (Lipinski definition) is 4. The van der Waals surface area contributed by atoms with Crippen LogP contribution in [0.15, 0.2) is 30.5 Å². The molecule has 3 rings (SSSR count). The van der Waals surface area contributed by atoms with Gasteiger partial charge in [-0.25, -0.2) is 4.79 Å². The number of carbonyl (C=O) groups is 1. The Morgan fingerprint density at radius 2 is 1.79 bits per heavy atom. The van der Waals surface area contributed by atoms with Crippen LogP contribution in [-0.4, -0.2) is 41.5 Å². The van der Waals surface area contributed by atoms with Gasteiger partial charge in [0.05, 0.1) is 11.2 Å². The molecule has 1 saturated heterocycles. The Kier molecular flexibility index (Phi) is 5.41. The van der Waals surface area contributed by atoms with Gasteiger partial charge in [0, 0.05) is 12.7 Å². The fraction of sp³-hybridized carbons (Fsp3) is 0.591. The van der Waals surface area contributed by atoms with Gasteiger partial charge >= 0.3 is 13.2 Å². The molecule has 1 amide bonds. The van der Waals surface area contributed by atoms with Crippen molar-refractivity contribution in [2.45, 2.75) is 78.1 Å². The van der Waals surface area contributed by atoms with E-state index in [1.54, 1.807) is 4.90 Å². The zero-order valence-electron chi connectivity index (χ0n) is 18.2. The average Bonchev–Trinajstić information content (AvgIpc) is 2.81. The van der Waals surface area contributed by atoms with Crippen molar-refractivity contribution in [2.75, 3.05) is 6.54 Å². The first-order valence-corrected chi connectivity index (χ1v) is 10.0. The van der Waals surface area contributed by atoms with E-state index in [1.807, 2.05) is 39.1 Å². The van der Waals surface area contributed by atoms with Gasteiger partial charge in [0.15, 0.2) is 0 Å². The lowest BCUT2D eigenvalue weighted by molar-refractivity contribution is 0.00578. The van der Waals surface area contributed by atoms with Crippen LogP contribution in [0, 0.1) is 0 Å². The normalized spacial score (nSPS) is 21.5. The first kappa shape index (κ1) is 20.9. The number of amides is 1. The quantitative estimate of drug-likeness (QED) is 0.710. The van der Waals surface area contributed by atoms with Gasteiger partial charge in [0.25, 0.3) is 0 Å². The van der Waals surface area contributed by atoms with Crippen molar-refractivity contribution in [3.63, 3.8) is 0 Å². The summed E-state index contributed by atoms with van der Waals surface area (Å²) in [5, 5.41) is 0. The number of benzene rings is 1. The van der Waals surface area contributed by atoms with Crippen LogP contribution in [0.3, 0.4) is 0 Å². The van der Waals surface area contributed by atoms with Crippen molar-refractivity contribution >= 4 is 24.2 Å². The van der Waals surface area contributed by atoms with E-state index in [0.29, 0.717) is 6.54 Å². The van der Waals surface area contributed by atoms with Crippen molar-refractivity contribution in [1.82, 2.24) is 4.90 Å². The minimum Gasteiger partial charge on any atom is -0.443 e. The average molecular weight is 385 g/mol. The Balaban J connectivity index is 1.81. The lowest BCUT2D eigenvalue weighted by Crippen LogP contribution is -2.41. The van der Waals surface area contributed by atoms with Gasteiger partial charge in [-0.05, 0) is 77.9 Å². The van der Waals surface area contributed by atoms with Crippen LogP contribution >= 0.6 is 0 Å². The van der Waals surface area contributed by atoms with Gasteiger partial charge in [-0.1, -0.05) is 24.3 Å². The number of nitrogens with zero attached hydrogens (tertiary/aromatic N) is 1. The van der Waals surface area contributed by atoms with E-state index in [1.165, 1.54) is 0 Å². The van der Waals surface area contributed by atoms with E-state index in [2.05, 4.69) is 39.8 Å². The molecule has 2 aliphatic rings. The lowest BCUT2D eigenvalue weighted by Gasteiger charge is -2.32. The van der Waals surface area contributed by atoms with E-state index in [0.717, 1.165) is 29.4 Å². The highest BCUT2D eigenvalue weighted by Gasteiger charge is 2.51. The van der Waals surface area contributed by atoms with Crippen molar-refractivity contribution in [3.8, 4) is 0 Å². The van der Waals surface area contributed by atoms with E-state index in [9.17, 15) is 4.79 Å². The van der Waals surface area contributed by atoms with Crippen LogP contribution in [0.2, 0.25) is 0 Å². The van der Waals surface area contributed by atoms with E-state index < -0.39 is 12.7 Å². The molecule has 0 atom stereocenters. The first-order valence-electron chi connectivity index (χ1n) is 10.0. The SMILES string of the molecule is CC(C)(C)OC(=O)N1C=C(c2cccc(B3OC(C)(C)C(C)(C)O3)c2)CCC1. The second-order valence-corrected chi connectivity index (χ2v) is 9.65. The van der Waals surface area contributed by atoms with Crippen molar-refractivity contribution < 1.29 is 18.8 Å². The maximum absolute atomic E-state index is 12.4. The number of ether oxygens (including phenoxy) is 1. The molecule has 0 N–H and O–H groups in total. The second-order valence-electron chi connectivity index (χ2n) is 9.65. The molecule has 1 fully saturated rings. The fourth-order valence-electron chi connectivity index (χ4n) is 3.30. The maximum atomic E-state index is 12.4. The molecular weight excluding hydrogens is 353 g/mol. The summed E-state index contributed by atoms with van der Waals surface area (Å²) < 4.78 is 17.9. The zero-order valence-corrected chi connectivity index (χ0v) is 18.2. The van der Waals surface area contributed by atoms with Crippen LogP contribution in [0.4, 0.5) is 4.79 Å². The van der Waals surface area contributed by atoms with Crippen molar-refractivity contribution in [2.24, 2.45) is 0 Å². The van der Waals surface area contributed by atoms with Crippen LogP contribution in [0.1, 0.15) is 66.9 Å². The summed E-state index contributed by atoms with van der Waals surface area (Å²) in [7, 11) is -0.393. The molecule has 1 aromatic carbocycles. The molecule has 2 aliphatic heterocycles. The Labute approximate surface area is 169 Å². The smallest absolute Gasteiger partial charge is 0.443 e. The molecule has 152 valence electrons. The fourth-order valence-corrected chi connectivity index (χ4v) is 3.30. The topological polar surface area (TPSA) is 48.0 Å². The highest BCUT2D eigenvalue weighted by molar-refractivity contribution is 6.62. The Morgan fingerprint density at radius 3 is 2.39 bits per heavy atom. The summed E-state index contributed by atoms with van der Waals surface area (Å²) in [6.07, 6.45) is 3.45. The molecular formula is C22H32BNO4. The third-order valence-electron chi connectivity index (χ3n) is 5.57. The summed E-state index contributed by atoms with van der Waals surface area (Å²) in [5.74, 6) is 0. The summed E-state index contributed by atoms with van der Waals surface area (Å²) in [6.45, 7) is 14.5. The van der Waals surface area contributed by atoms with Gasteiger partial charge in [0.1, 0.15) is 5.60 Å². The molecule has 0 bridgehead atoms. The Hall–Kier alpha value is -1.79. The molecule has 1 aromatic rings. The van der Waals surface area contributed by atoms with E-state index >= 15 is 0 Å². The standard InChI is InChI=1S/C22H32BNO4/c1-20(2,3)26-19(25)24-13-9-11-17(15-24)16-10-8-12-18(14-16)23-27-21(4,5)22(6,7)28-23/h8,10,12,14-15H,9,11,13H2,1-7H3. The van der Waals surface area contributed by atoms with Crippen LogP contribution in [-0.2, 0) is 14.0 Å². The van der Waals surface area contributed by atoms with Crippen molar-refractivity contribution in [3.05, 3.63) is 36.0 Å². The molecule has 0 radical (unpaired) electrons. The highest BCUT2D eigenvalue weighted by Crippen LogP contribution is 2.36. The number of hydrogen-bond donors (Lipinski definition) is 0. The van der Waals surface area contributed by atoms with Gasteiger partial charge in [0.2, 0.25) is 0 Å². The summed E-state index contributed by atoms with van der Waals surface area (Å²) in [5.41, 5.74) is 1.96. The highest BCUT2D eigenvalue weighted by atomic mass is 16.7. The second kappa shape index (κ2) is 7.23. The largest absolute Gasteiger partial charge is 0.494 e. The molecule has 0 aliphatic carbocycles. The van der Waals surface area contributed by atoms with Gasteiger partial charge in [-0.2, -0.15) is 0 Å². The third-order valence-corrected chi connectivity index (χ3v) is 5.57. The summed E-state index contributed by atoms with van der Waals surface area (Å²) in [4.78, 5) is 14.1.